The summed E-state index contributed by atoms with van der Waals surface area (Å²) in [5.41, 5.74) is 6.51. The van der Waals surface area contributed by atoms with Crippen molar-refractivity contribution < 1.29 is 4.79 Å². The molecule has 4 rings (SSSR count). The third kappa shape index (κ3) is 3.85. The summed E-state index contributed by atoms with van der Waals surface area (Å²) in [5.74, 6) is 0.338. The molecule has 0 aliphatic heterocycles. The summed E-state index contributed by atoms with van der Waals surface area (Å²) in [5, 5.41) is 3.78. The molecule has 2 unspecified atom stereocenters. The van der Waals surface area contributed by atoms with Crippen molar-refractivity contribution in [3.63, 3.8) is 0 Å². The highest BCUT2D eigenvalue weighted by Gasteiger charge is 2.50. The van der Waals surface area contributed by atoms with Gasteiger partial charge < -0.3 is 5.32 Å². The molecule has 0 bridgehead atoms. The van der Waals surface area contributed by atoms with Gasteiger partial charge in [-0.3, -0.25) is 4.79 Å². The first-order valence-corrected chi connectivity index (χ1v) is 13.9. The van der Waals surface area contributed by atoms with Crippen LogP contribution in [-0.2, 0) is 4.79 Å². The molecule has 1 heterocycles. The molecule has 1 aromatic heterocycles. The first-order valence-electron chi connectivity index (χ1n) is 9.51. The van der Waals surface area contributed by atoms with Crippen molar-refractivity contribution in [1.29, 1.82) is 0 Å². The van der Waals surface area contributed by atoms with E-state index in [2.05, 4.69) is 80.2 Å². The molecule has 5 heteroatoms. The first-order chi connectivity index (χ1) is 12.7. The van der Waals surface area contributed by atoms with Crippen LogP contribution in [0.5, 0.6) is 0 Å². The fraction of sp³-hybridized carbons (Fsp3) is 0.364. The summed E-state index contributed by atoms with van der Waals surface area (Å²) >= 11 is 1.57. The average molecular weight is 395 g/mol. The van der Waals surface area contributed by atoms with Gasteiger partial charge in [0.05, 0.1) is 10.2 Å². The smallest absolute Gasteiger partial charge is 0.229 e. The molecule has 0 radical (unpaired) electrons. The third-order valence-corrected chi connectivity index (χ3v) is 9.21. The number of fused-ring (bicyclic) bond motifs is 1. The van der Waals surface area contributed by atoms with Gasteiger partial charge >= 0.3 is 0 Å². The second kappa shape index (κ2) is 6.57. The number of rotatable bonds is 4. The van der Waals surface area contributed by atoms with Crippen LogP contribution in [0.4, 0.5) is 5.13 Å². The Labute approximate surface area is 165 Å². The molecule has 1 fully saturated rings. The molecule has 2 atom stereocenters. The summed E-state index contributed by atoms with van der Waals surface area (Å²) in [6.45, 7) is 11.3. The lowest BCUT2D eigenvalue weighted by Gasteiger charge is -2.14. The minimum atomic E-state index is -1.23. The Kier molecular flexibility index (Phi) is 4.47. The van der Waals surface area contributed by atoms with E-state index in [1.165, 1.54) is 22.3 Å². The van der Waals surface area contributed by atoms with Crippen molar-refractivity contribution in [2.45, 2.75) is 45.5 Å². The molecule has 140 valence electrons. The molecule has 0 spiro atoms. The number of hydrogen-bond donors (Lipinski definition) is 1. The van der Waals surface area contributed by atoms with Crippen LogP contribution in [0.1, 0.15) is 17.5 Å². The van der Waals surface area contributed by atoms with Crippen LogP contribution < -0.4 is 5.32 Å². The number of nitrogens with one attached hydrogen (secondary N) is 1. The molecule has 3 aromatic rings. The van der Waals surface area contributed by atoms with E-state index in [0.29, 0.717) is 10.7 Å². The lowest BCUT2D eigenvalue weighted by atomic mass is 10.0. The van der Waals surface area contributed by atoms with Crippen LogP contribution >= 0.6 is 11.3 Å². The zero-order valence-electron chi connectivity index (χ0n) is 16.6. The van der Waals surface area contributed by atoms with E-state index in [4.69, 9.17) is 0 Å². The number of amides is 1. The van der Waals surface area contributed by atoms with Crippen LogP contribution in [0.15, 0.2) is 36.4 Å². The van der Waals surface area contributed by atoms with Gasteiger partial charge in [-0.15, -0.1) is 0 Å². The van der Waals surface area contributed by atoms with E-state index in [1.54, 1.807) is 11.3 Å². The van der Waals surface area contributed by atoms with Gasteiger partial charge in [0.2, 0.25) is 5.91 Å². The zero-order valence-corrected chi connectivity index (χ0v) is 18.4. The number of thiazole rings is 1. The molecule has 1 amide bonds. The van der Waals surface area contributed by atoms with E-state index in [-0.39, 0.29) is 11.8 Å². The van der Waals surface area contributed by atoms with Crippen molar-refractivity contribution >= 4 is 40.7 Å². The monoisotopic (exact) mass is 394 g/mol. The largest absolute Gasteiger partial charge is 0.302 e. The van der Waals surface area contributed by atoms with Crippen molar-refractivity contribution in [3.8, 4) is 11.1 Å². The maximum Gasteiger partial charge on any atom is 0.229 e. The maximum absolute atomic E-state index is 12.5. The van der Waals surface area contributed by atoms with Gasteiger partial charge in [0.15, 0.2) is 5.13 Å². The normalized spacial score (nSPS) is 19.3. The van der Waals surface area contributed by atoms with Gasteiger partial charge in [0, 0.05) is 14.0 Å². The van der Waals surface area contributed by atoms with Crippen LogP contribution in [0.25, 0.3) is 21.3 Å². The Hall–Kier alpha value is -1.98. The molecular weight excluding hydrogens is 368 g/mol. The summed E-state index contributed by atoms with van der Waals surface area (Å²) in [7, 11) is -1.23. The number of hydrogen-bond acceptors (Lipinski definition) is 3. The molecule has 3 nitrogen and oxygen atoms in total. The fourth-order valence-electron chi connectivity index (χ4n) is 3.94. The van der Waals surface area contributed by atoms with Gasteiger partial charge in [0.1, 0.15) is 0 Å². The number of carbonyl (C=O) groups is 1. The molecule has 2 aromatic carbocycles. The molecule has 1 saturated carbocycles. The number of benzene rings is 2. The second-order valence-corrected chi connectivity index (χ2v) is 15.4. The molecule has 1 aliphatic carbocycles. The van der Waals surface area contributed by atoms with Crippen molar-refractivity contribution in [2.24, 2.45) is 5.92 Å². The highest BCUT2D eigenvalue weighted by molar-refractivity contribution is 7.22. The zero-order chi connectivity index (χ0) is 19.3. The average Bonchev–Trinajstić information content (AvgIpc) is 3.29. The number of aryl methyl sites for hydroxylation is 2. The highest BCUT2D eigenvalue weighted by Crippen LogP contribution is 2.52. The Balaban J connectivity index is 1.56. The summed E-state index contributed by atoms with van der Waals surface area (Å²) < 4.78 is 1.11. The van der Waals surface area contributed by atoms with Gasteiger partial charge in [-0.25, -0.2) is 4.98 Å². The minimum absolute atomic E-state index is 0.149. The standard InChI is InChI=1S/C22H26N2OSSi/c1-13-8-14(2)10-16(9-13)15-6-7-18-19(11-15)26-22(23-18)24-21(25)17-12-20(17)27(3,4)5/h6-11,17,20H,12H2,1-5H3,(H,23,24,25). The minimum Gasteiger partial charge on any atom is -0.302 e. The van der Waals surface area contributed by atoms with Crippen molar-refractivity contribution in [2.75, 3.05) is 5.32 Å². The Morgan fingerprint density at radius 1 is 1.07 bits per heavy atom. The Bertz CT molecular complexity index is 1010. The molecular formula is C22H26N2OSSi. The lowest BCUT2D eigenvalue weighted by Crippen LogP contribution is -2.24. The van der Waals surface area contributed by atoms with Gasteiger partial charge in [-0.05, 0) is 49.1 Å². The summed E-state index contributed by atoms with van der Waals surface area (Å²) in [6.07, 6.45) is 1.04. The molecule has 27 heavy (non-hydrogen) atoms. The molecule has 0 saturated heterocycles. The van der Waals surface area contributed by atoms with Gasteiger partial charge in [-0.1, -0.05) is 66.4 Å². The molecule has 1 aliphatic rings. The second-order valence-electron chi connectivity index (χ2n) is 8.88. The van der Waals surface area contributed by atoms with Gasteiger partial charge in [0.25, 0.3) is 0 Å². The molecule has 1 N–H and O–H groups in total. The van der Waals surface area contributed by atoms with Crippen LogP contribution in [0.3, 0.4) is 0 Å². The van der Waals surface area contributed by atoms with Crippen molar-refractivity contribution in [3.05, 3.63) is 47.5 Å². The van der Waals surface area contributed by atoms with E-state index >= 15 is 0 Å². The van der Waals surface area contributed by atoms with Crippen LogP contribution in [0.2, 0.25) is 25.2 Å². The predicted octanol–water partition coefficient (Wildman–Crippen LogP) is 6.25. The topological polar surface area (TPSA) is 42.0 Å². The lowest BCUT2D eigenvalue weighted by molar-refractivity contribution is -0.117. The quantitative estimate of drug-likeness (QED) is 0.532. The van der Waals surface area contributed by atoms with E-state index in [0.717, 1.165) is 16.6 Å². The summed E-state index contributed by atoms with van der Waals surface area (Å²) in [4.78, 5) is 17.2. The maximum atomic E-state index is 12.5. The number of carbonyl (C=O) groups excluding carboxylic acids is 1. The Morgan fingerprint density at radius 3 is 2.41 bits per heavy atom. The van der Waals surface area contributed by atoms with Crippen LogP contribution in [0, 0.1) is 19.8 Å². The van der Waals surface area contributed by atoms with Crippen LogP contribution in [-0.4, -0.2) is 19.0 Å². The number of nitrogens with zero attached hydrogens (tertiary/aromatic N) is 1. The Morgan fingerprint density at radius 2 is 1.78 bits per heavy atom. The number of anilines is 1. The van der Waals surface area contributed by atoms with E-state index in [1.807, 2.05) is 0 Å². The first kappa shape index (κ1) is 18.4. The predicted molar refractivity (Wildman–Crippen MR) is 118 cm³/mol. The fourth-order valence-corrected chi connectivity index (χ4v) is 7.17. The SMILES string of the molecule is Cc1cc(C)cc(-c2ccc3nc(NC(=O)C4CC4[Si](C)(C)C)sc3c2)c1. The van der Waals surface area contributed by atoms with Gasteiger partial charge in [-0.2, -0.15) is 0 Å². The van der Waals surface area contributed by atoms with E-state index < -0.39 is 8.07 Å². The van der Waals surface area contributed by atoms with Crippen molar-refractivity contribution in [1.82, 2.24) is 4.98 Å². The highest BCUT2D eigenvalue weighted by atomic mass is 32.1. The number of aromatic nitrogens is 1. The van der Waals surface area contributed by atoms with E-state index in [9.17, 15) is 4.79 Å². The summed E-state index contributed by atoms with van der Waals surface area (Å²) in [6, 6.07) is 13.0. The third-order valence-electron chi connectivity index (χ3n) is 5.41.